The lowest BCUT2D eigenvalue weighted by Crippen LogP contribution is -2.42. The number of hydrogen-bond donors (Lipinski definition) is 2. The van der Waals surface area contributed by atoms with Gasteiger partial charge in [0.15, 0.2) is 5.82 Å². The van der Waals surface area contributed by atoms with Crippen molar-refractivity contribution >= 4 is 31.6 Å². The van der Waals surface area contributed by atoms with Gasteiger partial charge in [0, 0.05) is 19.3 Å². The monoisotopic (exact) mass is 380 g/mol. The minimum atomic E-state index is -4.05. The summed E-state index contributed by atoms with van der Waals surface area (Å²) in [5.74, 6) is -0.880. The first-order valence-electron chi connectivity index (χ1n) is 6.59. The molecule has 2 rings (SSSR count). The van der Waals surface area contributed by atoms with E-state index in [1.165, 1.54) is 13.1 Å². The van der Waals surface area contributed by atoms with Crippen LogP contribution in [0, 0.1) is 5.82 Å². The summed E-state index contributed by atoms with van der Waals surface area (Å²) in [7, 11) is -2.72. The van der Waals surface area contributed by atoms with Crippen molar-refractivity contribution in [2.45, 2.75) is 36.2 Å². The molecule has 1 aliphatic carbocycles. The number of halogens is 2. The van der Waals surface area contributed by atoms with E-state index in [0.717, 1.165) is 23.2 Å². The molecule has 1 fully saturated rings. The Morgan fingerprint density at radius 2 is 2.00 bits per heavy atom. The standard InChI is InChI=1S/C13H18BrFN2O3S/c1-17(8-13(18)4-2-3-5-13)21(19,20)11-7-9(16)6-10(14)12(11)15/h6-7,18H,2-5,8,16H2,1H3. The maximum Gasteiger partial charge on any atom is 0.245 e. The zero-order valence-corrected chi connectivity index (χ0v) is 14.0. The van der Waals surface area contributed by atoms with Gasteiger partial charge in [-0.15, -0.1) is 0 Å². The van der Waals surface area contributed by atoms with Gasteiger partial charge in [-0.2, -0.15) is 4.31 Å². The molecule has 5 nitrogen and oxygen atoms in total. The first kappa shape index (κ1) is 16.7. The fourth-order valence-corrected chi connectivity index (χ4v) is 4.61. The highest BCUT2D eigenvalue weighted by atomic mass is 79.9. The topological polar surface area (TPSA) is 83.6 Å². The van der Waals surface area contributed by atoms with Gasteiger partial charge in [-0.3, -0.25) is 0 Å². The fraction of sp³-hybridized carbons (Fsp3) is 0.538. The van der Waals surface area contributed by atoms with Crippen LogP contribution in [0.1, 0.15) is 25.7 Å². The fourth-order valence-electron chi connectivity index (χ4n) is 2.63. The number of anilines is 1. The van der Waals surface area contributed by atoms with Crippen LogP contribution in [0.2, 0.25) is 0 Å². The van der Waals surface area contributed by atoms with Gasteiger partial charge in [-0.1, -0.05) is 12.8 Å². The van der Waals surface area contributed by atoms with Gasteiger partial charge in [-0.05, 0) is 40.9 Å². The molecular formula is C13H18BrFN2O3S. The number of sulfonamides is 1. The van der Waals surface area contributed by atoms with Crippen molar-refractivity contribution in [2.24, 2.45) is 0 Å². The predicted octanol–water partition coefficient (Wildman–Crippen LogP) is 2.10. The number of nitrogens with two attached hydrogens (primary N) is 1. The first-order valence-corrected chi connectivity index (χ1v) is 8.82. The second-order valence-corrected chi connectivity index (χ2v) is 8.38. The lowest BCUT2D eigenvalue weighted by molar-refractivity contribution is 0.0333. The van der Waals surface area contributed by atoms with E-state index in [9.17, 15) is 17.9 Å². The normalized spacial score (nSPS) is 18.3. The summed E-state index contributed by atoms with van der Waals surface area (Å²) in [6.07, 6.45) is 2.83. The molecule has 0 atom stereocenters. The molecule has 8 heteroatoms. The number of nitrogens with zero attached hydrogens (tertiary/aromatic N) is 1. The second-order valence-electron chi connectivity index (χ2n) is 5.51. The molecule has 1 aromatic carbocycles. The molecule has 0 spiro atoms. The van der Waals surface area contributed by atoms with E-state index in [1.807, 2.05) is 0 Å². The van der Waals surface area contributed by atoms with Crippen LogP contribution in [0.3, 0.4) is 0 Å². The van der Waals surface area contributed by atoms with Crippen LogP contribution < -0.4 is 5.73 Å². The van der Waals surface area contributed by atoms with E-state index in [0.29, 0.717) is 12.8 Å². The summed E-state index contributed by atoms with van der Waals surface area (Å²) < 4.78 is 40.0. The van der Waals surface area contributed by atoms with Gasteiger partial charge in [0.1, 0.15) is 4.90 Å². The molecule has 0 unspecified atom stereocenters. The Bertz CT molecular complexity index is 645. The largest absolute Gasteiger partial charge is 0.399 e. The first-order chi connectivity index (χ1) is 9.66. The van der Waals surface area contributed by atoms with E-state index in [1.54, 1.807) is 0 Å². The SMILES string of the molecule is CN(CC1(O)CCCC1)S(=O)(=O)c1cc(N)cc(Br)c1F. The summed E-state index contributed by atoms with van der Waals surface area (Å²) in [5, 5.41) is 10.3. The van der Waals surface area contributed by atoms with Crippen molar-refractivity contribution in [1.82, 2.24) is 4.31 Å². The molecule has 0 saturated heterocycles. The Hall–Kier alpha value is -0.700. The van der Waals surface area contributed by atoms with Gasteiger partial charge in [-0.25, -0.2) is 12.8 Å². The average Bonchev–Trinajstić information content (AvgIpc) is 2.80. The number of aliphatic hydroxyl groups is 1. The van der Waals surface area contributed by atoms with Crippen LogP contribution in [0.15, 0.2) is 21.5 Å². The van der Waals surface area contributed by atoms with Crippen molar-refractivity contribution in [3.05, 3.63) is 22.4 Å². The summed E-state index contributed by atoms with van der Waals surface area (Å²) in [6.45, 7) is -0.0544. The molecule has 0 aromatic heterocycles. The summed E-state index contributed by atoms with van der Waals surface area (Å²) >= 11 is 2.95. The van der Waals surface area contributed by atoms with Gasteiger partial charge in [0.05, 0.1) is 10.1 Å². The lowest BCUT2D eigenvalue weighted by atomic mass is 10.0. The van der Waals surface area contributed by atoms with Crippen LogP contribution in [0.25, 0.3) is 0 Å². The molecule has 3 N–H and O–H groups in total. The van der Waals surface area contributed by atoms with Gasteiger partial charge < -0.3 is 10.8 Å². The zero-order valence-electron chi connectivity index (χ0n) is 11.6. The van der Waals surface area contributed by atoms with E-state index in [-0.39, 0.29) is 16.7 Å². The number of nitrogen functional groups attached to an aromatic ring is 1. The van der Waals surface area contributed by atoms with Crippen molar-refractivity contribution in [1.29, 1.82) is 0 Å². The van der Waals surface area contributed by atoms with Crippen molar-refractivity contribution in [3.8, 4) is 0 Å². The third-order valence-corrected chi connectivity index (χ3v) is 6.14. The zero-order chi connectivity index (χ0) is 15.8. The Morgan fingerprint density at radius 3 is 2.57 bits per heavy atom. The number of rotatable bonds is 4. The molecule has 0 aliphatic heterocycles. The molecule has 0 amide bonds. The number of hydrogen-bond acceptors (Lipinski definition) is 4. The molecule has 1 aromatic rings. The van der Waals surface area contributed by atoms with E-state index in [4.69, 9.17) is 5.73 Å². The molecule has 1 aliphatic rings. The third-order valence-electron chi connectivity index (χ3n) is 3.76. The molecule has 1 saturated carbocycles. The van der Waals surface area contributed by atoms with Crippen LogP contribution >= 0.6 is 15.9 Å². The molecule has 0 bridgehead atoms. The summed E-state index contributed by atoms with van der Waals surface area (Å²) in [4.78, 5) is -0.488. The van der Waals surface area contributed by atoms with Crippen molar-refractivity contribution in [3.63, 3.8) is 0 Å². The average molecular weight is 381 g/mol. The summed E-state index contributed by atoms with van der Waals surface area (Å²) in [5.41, 5.74) is 4.70. The van der Waals surface area contributed by atoms with Crippen LogP contribution in [0.4, 0.5) is 10.1 Å². The minimum Gasteiger partial charge on any atom is -0.399 e. The molecule has 0 radical (unpaired) electrons. The Labute approximate surface area is 132 Å². The maximum absolute atomic E-state index is 14.1. The van der Waals surface area contributed by atoms with Crippen LogP contribution in [-0.2, 0) is 10.0 Å². The predicted molar refractivity (Wildman–Crippen MR) is 81.7 cm³/mol. The Morgan fingerprint density at radius 1 is 1.43 bits per heavy atom. The highest BCUT2D eigenvalue weighted by molar-refractivity contribution is 9.10. The highest BCUT2D eigenvalue weighted by Gasteiger charge is 2.36. The molecular weight excluding hydrogens is 363 g/mol. The van der Waals surface area contributed by atoms with Crippen molar-refractivity contribution in [2.75, 3.05) is 19.3 Å². The quantitative estimate of drug-likeness (QED) is 0.783. The van der Waals surface area contributed by atoms with E-state index in [2.05, 4.69) is 15.9 Å². The minimum absolute atomic E-state index is 0.00551. The second kappa shape index (κ2) is 5.83. The summed E-state index contributed by atoms with van der Waals surface area (Å²) in [6, 6.07) is 2.39. The van der Waals surface area contributed by atoms with Gasteiger partial charge >= 0.3 is 0 Å². The van der Waals surface area contributed by atoms with Crippen LogP contribution in [0.5, 0.6) is 0 Å². The number of benzene rings is 1. The smallest absolute Gasteiger partial charge is 0.245 e. The highest BCUT2D eigenvalue weighted by Crippen LogP contribution is 2.33. The number of likely N-dealkylation sites (N-methyl/N-ethyl adjacent to an activating group) is 1. The maximum atomic E-state index is 14.1. The van der Waals surface area contributed by atoms with E-state index < -0.39 is 26.3 Å². The van der Waals surface area contributed by atoms with E-state index >= 15 is 0 Å². The Balaban J connectivity index is 2.33. The van der Waals surface area contributed by atoms with Crippen molar-refractivity contribution < 1.29 is 17.9 Å². The Kier molecular flexibility index (Phi) is 4.63. The molecule has 118 valence electrons. The van der Waals surface area contributed by atoms with Gasteiger partial charge in [0.25, 0.3) is 0 Å². The third kappa shape index (κ3) is 3.39. The lowest BCUT2D eigenvalue weighted by Gasteiger charge is -2.28. The molecule has 0 heterocycles. The van der Waals surface area contributed by atoms with Crippen LogP contribution in [-0.4, -0.2) is 37.0 Å². The van der Waals surface area contributed by atoms with Gasteiger partial charge in [0.2, 0.25) is 10.0 Å². The molecule has 21 heavy (non-hydrogen) atoms.